The lowest BCUT2D eigenvalue weighted by molar-refractivity contribution is -0.141. The van der Waals surface area contributed by atoms with Crippen molar-refractivity contribution < 1.29 is 27.5 Å². The smallest absolute Gasteiger partial charge is 0.303 e. The molecule has 0 aromatic heterocycles. The van der Waals surface area contributed by atoms with Gasteiger partial charge in [0.25, 0.3) is 0 Å². The number of para-hydroxylation sites is 1. The van der Waals surface area contributed by atoms with Crippen molar-refractivity contribution in [2.24, 2.45) is 5.14 Å². The maximum Gasteiger partial charge on any atom is 0.303 e. The largest absolute Gasteiger partial charge is 0.454 e. The fourth-order valence-electron chi connectivity index (χ4n) is 2.65. The molecule has 8 nitrogen and oxygen atoms in total. The molecule has 31 heavy (non-hydrogen) atoms. The molecule has 1 unspecified atom stereocenters. The van der Waals surface area contributed by atoms with Gasteiger partial charge in [-0.15, -0.1) is 0 Å². The summed E-state index contributed by atoms with van der Waals surface area (Å²) in [5.41, 5.74) is -0.319. The molecule has 2 aromatic carbocycles. The van der Waals surface area contributed by atoms with Crippen LogP contribution in [0.1, 0.15) is 44.0 Å². The molecule has 0 aliphatic heterocycles. The van der Waals surface area contributed by atoms with Crippen LogP contribution in [0.2, 0.25) is 0 Å². The summed E-state index contributed by atoms with van der Waals surface area (Å²) in [4.78, 5) is 23.5. The number of carbonyl (C=O) groups excluding carboxylic acids is 2. The Kier molecular flexibility index (Phi) is 8.90. The fraction of sp³-hybridized carbons (Fsp3) is 0.333. The van der Waals surface area contributed by atoms with Crippen LogP contribution in [0.3, 0.4) is 0 Å². The van der Waals surface area contributed by atoms with Gasteiger partial charge in [0.1, 0.15) is 10.6 Å². The topological polar surface area (TPSA) is 125 Å². The van der Waals surface area contributed by atoms with Gasteiger partial charge < -0.3 is 14.8 Å². The number of hydrogen-bond acceptors (Lipinski definition) is 8. The molecule has 2 rings (SSSR count). The molecule has 0 heterocycles. The highest BCUT2D eigenvalue weighted by Gasteiger charge is 2.25. The van der Waals surface area contributed by atoms with Gasteiger partial charge in [-0.05, 0) is 49.4 Å². The Hall–Kier alpha value is -2.56. The maximum absolute atomic E-state index is 12.7. The molecule has 0 amide bonds. The second-order valence-corrected chi connectivity index (χ2v) is 9.47. The van der Waals surface area contributed by atoms with Gasteiger partial charge in [-0.3, -0.25) is 9.59 Å². The van der Waals surface area contributed by atoms with Gasteiger partial charge in [-0.1, -0.05) is 31.5 Å². The number of thioether (sulfide) groups is 1. The van der Waals surface area contributed by atoms with Crippen LogP contribution in [0.15, 0.2) is 47.4 Å². The summed E-state index contributed by atoms with van der Waals surface area (Å²) in [7, 11) is -4.22. The van der Waals surface area contributed by atoms with E-state index in [4.69, 9.17) is 14.6 Å². The van der Waals surface area contributed by atoms with Crippen LogP contribution < -0.4 is 15.2 Å². The lowest BCUT2D eigenvalue weighted by Crippen LogP contribution is -2.16. The van der Waals surface area contributed by atoms with Gasteiger partial charge in [0.05, 0.1) is 5.69 Å². The van der Waals surface area contributed by atoms with Crippen molar-refractivity contribution >= 4 is 38.6 Å². The number of rotatable bonds is 10. The molecule has 0 bridgehead atoms. The third-order valence-electron chi connectivity index (χ3n) is 4.01. The second-order valence-electron chi connectivity index (χ2n) is 6.67. The number of carbonyl (C=O) groups is 2. The zero-order valence-electron chi connectivity index (χ0n) is 17.6. The van der Waals surface area contributed by atoms with Gasteiger partial charge >= 0.3 is 5.97 Å². The minimum Gasteiger partial charge on any atom is -0.454 e. The lowest BCUT2D eigenvalue weighted by atomic mass is 10.2. The van der Waals surface area contributed by atoms with Gasteiger partial charge in [0, 0.05) is 19.0 Å². The summed E-state index contributed by atoms with van der Waals surface area (Å²) in [6.07, 6.45) is 1.74. The maximum atomic E-state index is 12.7. The monoisotopic (exact) mass is 466 g/mol. The minimum absolute atomic E-state index is 0.0133. The quantitative estimate of drug-likeness (QED) is 0.304. The molecule has 0 radical (unpaired) electrons. The van der Waals surface area contributed by atoms with E-state index in [0.29, 0.717) is 18.0 Å². The van der Waals surface area contributed by atoms with Crippen LogP contribution in [0.5, 0.6) is 11.5 Å². The molecule has 1 atom stereocenters. The highest BCUT2D eigenvalue weighted by molar-refractivity contribution is 8.14. The summed E-state index contributed by atoms with van der Waals surface area (Å²) in [6.45, 7) is 5.36. The lowest BCUT2D eigenvalue weighted by Gasteiger charge is -2.18. The second kappa shape index (κ2) is 11.2. The Bertz CT molecular complexity index is 1030. The molecule has 10 heteroatoms. The van der Waals surface area contributed by atoms with E-state index >= 15 is 0 Å². The first kappa shape index (κ1) is 24.7. The summed E-state index contributed by atoms with van der Waals surface area (Å²) < 4.78 is 35.5. The third-order valence-corrected chi connectivity index (χ3v) is 5.81. The predicted octanol–water partition coefficient (Wildman–Crippen LogP) is 4.12. The van der Waals surface area contributed by atoms with E-state index in [2.05, 4.69) is 5.32 Å². The molecule has 168 valence electrons. The SMILES string of the molecule is CCCCNc1cc(C(=O)SC(C)OC(C)=O)cc(S(N)(=O)=O)c1Oc1ccccc1. The molecule has 0 aliphatic carbocycles. The Morgan fingerprint density at radius 1 is 1.19 bits per heavy atom. The number of esters is 1. The average Bonchev–Trinajstić information content (AvgIpc) is 2.68. The van der Waals surface area contributed by atoms with E-state index in [1.165, 1.54) is 19.1 Å². The zero-order chi connectivity index (χ0) is 23.0. The van der Waals surface area contributed by atoms with Crippen LogP contribution in [-0.4, -0.2) is 31.5 Å². The fourth-order valence-corrected chi connectivity index (χ4v) is 4.09. The van der Waals surface area contributed by atoms with Gasteiger partial charge in [-0.2, -0.15) is 0 Å². The average molecular weight is 467 g/mol. The number of unbranched alkanes of at least 4 members (excludes halogenated alkanes) is 1. The number of hydrogen-bond donors (Lipinski definition) is 2. The summed E-state index contributed by atoms with van der Waals surface area (Å²) in [6, 6.07) is 11.4. The van der Waals surface area contributed by atoms with E-state index in [0.717, 1.165) is 24.6 Å². The van der Waals surface area contributed by atoms with Crippen LogP contribution in [0.25, 0.3) is 0 Å². The molecular weight excluding hydrogens is 440 g/mol. The number of ether oxygens (including phenoxy) is 2. The Morgan fingerprint density at radius 3 is 2.45 bits per heavy atom. The first-order valence-electron chi connectivity index (χ1n) is 9.67. The summed E-state index contributed by atoms with van der Waals surface area (Å²) in [5.74, 6) is -0.0891. The van der Waals surface area contributed by atoms with Crippen molar-refractivity contribution in [3.05, 3.63) is 48.0 Å². The molecular formula is C21H26N2O6S2. The van der Waals surface area contributed by atoms with Crippen molar-refractivity contribution in [1.29, 1.82) is 0 Å². The zero-order valence-corrected chi connectivity index (χ0v) is 19.2. The molecule has 0 saturated heterocycles. The van der Waals surface area contributed by atoms with Crippen molar-refractivity contribution in [3.8, 4) is 11.5 Å². The highest BCUT2D eigenvalue weighted by Crippen LogP contribution is 2.38. The molecule has 2 aromatic rings. The van der Waals surface area contributed by atoms with E-state index in [9.17, 15) is 18.0 Å². The number of benzene rings is 2. The standard InChI is InChI=1S/C21H26N2O6S2/c1-4-5-11-23-18-12-16(21(25)30-15(3)28-14(2)24)13-19(31(22,26)27)20(18)29-17-9-7-6-8-10-17/h6-10,12-13,15,23H,4-5,11H2,1-3H3,(H2,22,26,27). The molecule has 0 fully saturated rings. The number of primary sulfonamides is 1. The molecule has 0 aliphatic rings. The van der Waals surface area contributed by atoms with E-state index in [1.807, 2.05) is 6.92 Å². The number of nitrogens with two attached hydrogens (primary N) is 1. The van der Waals surface area contributed by atoms with Crippen LogP contribution in [0.4, 0.5) is 5.69 Å². The highest BCUT2D eigenvalue weighted by atomic mass is 32.2. The van der Waals surface area contributed by atoms with E-state index < -0.39 is 26.5 Å². The number of sulfonamides is 1. The first-order valence-corrected chi connectivity index (χ1v) is 12.1. The minimum atomic E-state index is -4.22. The molecule has 3 N–H and O–H groups in total. The van der Waals surface area contributed by atoms with Crippen LogP contribution in [0, 0.1) is 0 Å². The number of nitrogens with one attached hydrogen (secondary N) is 1. The van der Waals surface area contributed by atoms with Gasteiger partial charge in [0.15, 0.2) is 11.2 Å². The van der Waals surface area contributed by atoms with Crippen molar-refractivity contribution in [2.45, 2.75) is 43.9 Å². The Labute approximate surface area is 186 Å². The third kappa shape index (κ3) is 7.57. The number of anilines is 1. The molecule has 0 saturated carbocycles. The molecule has 0 spiro atoms. The van der Waals surface area contributed by atoms with Gasteiger partial charge in [0.2, 0.25) is 15.1 Å². The van der Waals surface area contributed by atoms with E-state index in [1.54, 1.807) is 37.3 Å². The summed E-state index contributed by atoms with van der Waals surface area (Å²) >= 11 is 0.761. The van der Waals surface area contributed by atoms with Crippen LogP contribution >= 0.6 is 11.8 Å². The van der Waals surface area contributed by atoms with Crippen molar-refractivity contribution in [2.75, 3.05) is 11.9 Å². The summed E-state index contributed by atoms with van der Waals surface area (Å²) in [5, 5.41) is 8.12. The van der Waals surface area contributed by atoms with Gasteiger partial charge in [-0.25, -0.2) is 13.6 Å². The predicted molar refractivity (Wildman–Crippen MR) is 121 cm³/mol. The van der Waals surface area contributed by atoms with Crippen molar-refractivity contribution in [3.63, 3.8) is 0 Å². The van der Waals surface area contributed by atoms with Crippen molar-refractivity contribution in [1.82, 2.24) is 0 Å². The van der Waals surface area contributed by atoms with E-state index in [-0.39, 0.29) is 16.2 Å². The first-order chi connectivity index (χ1) is 14.6. The van der Waals surface area contributed by atoms with Crippen LogP contribution in [-0.2, 0) is 19.6 Å². The normalized spacial score (nSPS) is 12.1. The Morgan fingerprint density at radius 2 is 1.87 bits per heavy atom. The Balaban J connectivity index is 2.52.